The SMILES string of the molecule is CC(C)([O-])Cl.CC(C)([O-])Cl.[La+2][C]1=CC=CC1. The zero-order valence-electron chi connectivity index (χ0n) is 10.1. The molecule has 0 aromatic heterocycles. The molecule has 0 aromatic carbocycles. The van der Waals surface area contributed by atoms with Gasteiger partial charge in [-0.15, -0.1) is 23.2 Å². The number of hydrogen-bond donors (Lipinski definition) is 0. The molecule has 1 aliphatic rings. The molecule has 0 fully saturated rings. The average Bonchev–Trinajstić information content (AvgIpc) is 2.30. The summed E-state index contributed by atoms with van der Waals surface area (Å²) in [6.45, 7) is 5.59. The van der Waals surface area contributed by atoms with E-state index < -0.39 is 10.1 Å². The van der Waals surface area contributed by atoms with Crippen molar-refractivity contribution in [1.82, 2.24) is 0 Å². The Kier molecular flexibility index (Phi) is 11.2. The van der Waals surface area contributed by atoms with Crippen LogP contribution in [0, 0.1) is 33.7 Å². The van der Waals surface area contributed by atoms with Crippen molar-refractivity contribution in [3.05, 3.63) is 20.2 Å². The fourth-order valence-electron chi connectivity index (χ4n) is 0.464. The molecule has 0 N–H and O–H groups in total. The molecule has 0 heterocycles. The summed E-state index contributed by atoms with van der Waals surface area (Å²) in [5.74, 6) is 0. The molecule has 0 saturated heterocycles. The Morgan fingerprint density at radius 2 is 1.44 bits per heavy atom. The van der Waals surface area contributed by atoms with E-state index in [1.807, 2.05) is 0 Å². The normalized spacial score (nSPS) is 14.5. The molecular weight excluding hydrogens is 374 g/mol. The summed E-state index contributed by atoms with van der Waals surface area (Å²) in [5, 5.41) is 17.2. The number of halogens is 2. The van der Waals surface area contributed by atoms with Gasteiger partial charge in [0.25, 0.3) is 0 Å². The van der Waals surface area contributed by atoms with Crippen LogP contribution in [-0.4, -0.2) is 10.1 Å². The molecule has 0 saturated carbocycles. The van der Waals surface area contributed by atoms with Crippen molar-refractivity contribution in [3.8, 4) is 0 Å². The van der Waals surface area contributed by atoms with Gasteiger partial charge in [0.1, 0.15) is 0 Å². The Morgan fingerprint density at radius 3 is 1.50 bits per heavy atom. The van der Waals surface area contributed by atoms with Crippen LogP contribution in [0.1, 0.15) is 34.1 Å². The monoisotopic (exact) mass is 390 g/mol. The van der Waals surface area contributed by atoms with E-state index in [1.165, 1.54) is 34.1 Å². The quantitative estimate of drug-likeness (QED) is 0.594. The van der Waals surface area contributed by atoms with Gasteiger partial charge in [-0.05, 0) is 10.1 Å². The molecule has 0 aromatic rings. The van der Waals surface area contributed by atoms with E-state index in [1.54, 1.807) is 1.98 Å². The van der Waals surface area contributed by atoms with Gasteiger partial charge in [0.05, 0.1) is 0 Å². The van der Waals surface area contributed by atoms with Gasteiger partial charge in [0.15, 0.2) is 0 Å². The van der Waals surface area contributed by atoms with Crippen LogP contribution >= 0.6 is 23.2 Å². The van der Waals surface area contributed by atoms with E-state index in [9.17, 15) is 10.2 Å². The molecule has 0 aliphatic heterocycles. The van der Waals surface area contributed by atoms with Crippen molar-refractivity contribution in [2.45, 2.75) is 44.2 Å². The Morgan fingerprint density at radius 1 is 1.12 bits per heavy atom. The Balaban J connectivity index is 0. The summed E-state index contributed by atoms with van der Waals surface area (Å²) in [4.78, 5) is 0. The van der Waals surface area contributed by atoms with E-state index in [-0.39, 0.29) is 0 Å². The summed E-state index contributed by atoms with van der Waals surface area (Å²) in [6, 6.07) is 0. The van der Waals surface area contributed by atoms with Crippen molar-refractivity contribution in [1.29, 1.82) is 0 Å². The fraction of sp³-hybridized carbons (Fsp3) is 0.636. The first-order chi connectivity index (χ1) is 6.89. The van der Waals surface area contributed by atoms with Crippen molar-refractivity contribution < 1.29 is 43.9 Å². The summed E-state index contributed by atoms with van der Waals surface area (Å²) < 4.78 is 1.63. The summed E-state index contributed by atoms with van der Waals surface area (Å²) in [7, 11) is 0. The molecule has 16 heavy (non-hydrogen) atoms. The molecule has 1 rings (SSSR count). The molecule has 0 bridgehead atoms. The number of rotatable bonds is 0. The van der Waals surface area contributed by atoms with Crippen LogP contribution in [0.3, 0.4) is 0 Å². The maximum atomic E-state index is 9.87. The number of allylic oxidation sites excluding steroid dienone is 4. The van der Waals surface area contributed by atoms with Crippen molar-refractivity contribution >= 4 is 23.2 Å². The van der Waals surface area contributed by atoms with E-state index in [2.05, 4.69) is 18.2 Å². The molecule has 0 amide bonds. The maximum absolute atomic E-state index is 9.87. The third-order valence-electron chi connectivity index (χ3n) is 0.800. The first-order valence-corrected chi connectivity index (χ1v) is 7.36. The van der Waals surface area contributed by atoms with Gasteiger partial charge in [0.2, 0.25) is 0 Å². The van der Waals surface area contributed by atoms with Gasteiger partial charge in [-0.25, -0.2) is 0 Å². The summed E-state index contributed by atoms with van der Waals surface area (Å²) in [6.07, 6.45) is 7.79. The molecule has 0 atom stereocenters. The molecule has 0 spiro atoms. The van der Waals surface area contributed by atoms with Crippen LogP contribution in [0.5, 0.6) is 0 Å². The van der Waals surface area contributed by atoms with Gasteiger partial charge >= 0.3 is 60.4 Å². The average molecular weight is 391 g/mol. The molecule has 0 unspecified atom stereocenters. The zero-order chi connectivity index (χ0) is 13.4. The van der Waals surface area contributed by atoms with Gasteiger partial charge < -0.3 is 10.2 Å². The second kappa shape index (κ2) is 9.15. The molecule has 2 nitrogen and oxygen atoms in total. The van der Waals surface area contributed by atoms with E-state index in [4.69, 9.17) is 23.2 Å². The molecule has 1 aliphatic carbocycles. The Hall–Kier alpha value is 1.17. The fourth-order valence-corrected chi connectivity index (χ4v) is 1.24. The minimum atomic E-state index is -1.28. The van der Waals surface area contributed by atoms with Crippen LogP contribution < -0.4 is 10.2 Å². The van der Waals surface area contributed by atoms with Crippen LogP contribution in [0.25, 0.3) is 0 Å². The number of hydrogen-bond acceptors (Lipinski definition) is 2. The van der Waals surface area contributed by atoms with Gasteiger partial charge in [-0.3, -0.25) is 0 Å². The van der Waals surface area contributed by atoms with Crippen LogP contribution in [0.15, 0.2) is 20.2 Å². The van der Waals surface area contributed by atoms with Crippen molar-refractivity contribution in [3.63, 3.8) is 0 Å². The molecule has 0 radical (unpaired) electrons. The van der Waals surface area contributed by atoms with Gasteiger partial charge in [-0.1, -0.05) is 27.7 Å². The standard InChI is InChI=1S/C5H5.2C3H6ClO.La/c1-2-4-5-3-1;2*1-3(2,4)5;/h1-3H,4H2;2*1-2H3;/q;2*-1;+2. The third kappa shape index (κ3) is 45.6. The minimum absolute atomic E-state index is 1.07. The Bertz CT molecular complexity index is 213. The van der Waals surface area contributed by atoms with Gasteiger partial charge in [-0.2, -0.15) is 0 Å². The van der Waals surface area contributed by atoms with Crippen molar-refractivity contribution in [2.75, 3.05) is 0 Å². The molecular formula is C11H17Cl2LaO2. The predicted octanol–water partition coefficient (Wildman–Crippen LogP) is 2.02. The van der Waals surface area contributed by atoms with Crippen molar-refractivity contribution in [2.24, 2.45) is 0 Å². The van der Waals surface area contributed by atoms with E-state index >= 15 is 0 Å². The van der Waals surface area contributed by atoms with E-state index in [0.29, 0.717) is 0 Å². The van der Waals surface area contributed by atoms with Crippen LogP contribution in [-0.2, 0) is 0 Å². The first-order valence-electron chi connectivity index (χ1n) is 4.79. The second-order valence-corrected chi connectivity index (χ2v) is 8.25. The third-order valence-corrected chi connectivity index (χ3v) is 2.14. The molecule has 90 valence electrons. The second-order valence-electron chi connectivity index (χ2n) is 4.10. The van der Waals surface area contributed by atoms with Gasteiger partial charge in [0, 0.05) is 0 Å². The number of alkyl halides is 2. The Labute approximate surface area is 130 Å². The summed E-state index contributed by atoms with van der Waals surface area (Å²) in [5.41, 5.74) is 0. The molecule has 5 heteroatoms. The van der Waals surface area contributed by atoms with E-state index in [0.717, 1.165) is 33.7 Å². The first kappa shape index (κ1) is 19.5. The zero-order valence-corrected chi connectivity index (χ0v) is 15.2. The van der Waals surface area contributed by atoms with Crippen LogP contribution in [0.4, 0.5) is 0 Å². The topological polar surface area (TPSA) is 46.1 Å². The predicted molar refractivity (Wildman–Crippen MR) is 61.7 cm³/mol. The van der Waals surface area contributed by atoms with Crippen LogP contribution in [0.2, 0.25) is 0 Å². The summed E-state index contributed by atoms with van der Waals surface area (Å²) >= 11 is 11.0.